The molecule has 0 amide bonds. The lowest BCUT2D eigenvalue weighted by Gasteiger charge is -2.13. The summed E-state index contributed by atoms with van der Waals surface area (Å²) in [6.07, 6.45) is 0. The molecule has 0 radical (unpaired) electrons. The summed E-state index contributed by atoms with van der Waals surface area (Å²) in [4.78, 5) is 10.4. The number of nitrogens with zero attached hydrogens (tertiary/aromatic N) is 2. The number of hydrogen-bond acceptors (Lipinski definition) is 3. The van der Waals surface area contributed by atoms with Crippen molar-refractivity contribution in [2.24, 2.45) is 0 Å². The number of benzene rings is 7. The molecule has 0 aliphatic rings. The molecule has 9 rings (SSSR count). The molecule has 2 heterocycles. The van der Waals surface area contributed by atoms with Crippen molar-refractivity contribution in [2.75, 3.05) is 0 Å². The zero-order chi connectivity index (χ0) is 26.9. The molecule has 9 aromatic rings. The van der Waals surface area contributed by atoms with Gasteiger partial charge in [-0.2, -0.15) is 0 Å². The smallest absolute Gasteiger partial charge is 0.136 e. The van der Waals surface area contributed by atoms with Gasteiger partial charge in [-0.05, 0) is 69.1 Å². The van der Waals surface area contributed by atoms with E-state index in [0.717, 1.165) is 50.3 Å². The van der Waals surface area contributed by atoms with Crippen LogP contribution in [0.15, 0.2) is 138 Å². The Labute approximate surface area is 235 Å². The lowest BCUT2D eigenvalue weighted by Crippen LogP contribution is -1.96. The molecule has 7 aromatic carbocycles. The molecule has 0 atom stereocenters. The summed E-state index contributed by atoms with van der Waals surface area (Å²) in [5.74, 6) is 0. The van der Waals surface area contributed by atoms with Crippen molar-refractivity contribution in [3.63, 3.8) is 0 Å². The Morgan fingerprint density at radius 2 is 0.951 bits per heavy atom. The van der Waals surface area contributed by atoms with Crippen molar-refractivity contribution in [2.45, 2.75) is 0 Å². The van der Waals surface area contributed by atoms with E-state index in [1.807, 2.05) is 30.3 Å². The van der Waals surface area contributed by atoms with Gasteiger partial charge in [0.05, 0.1) is 22.4 Å². The second-order valence-corrected chi connectivity index (χ2v) is 10.6. The zero-order valence-corrected chi connectivity index (χ0v) is 22.0. The van der Waals surface area contributed by atoms with E-state index in [-0.39, 0.29) is 0 Å². The van der Waals surface area contributed by atoms with Gasteiger partial charge in [0.25, 0.3) is 0 Å². The Morgan fingerprint density at radius 1 is 0.366 bits per heavy atom. The van der Waals surface area contributed by atoms with E-state index < -0.39 is 0 Å². The predicted octanol–water partition coefficient (Wildman–Crippen LogP) is 10.3. The molecule has 0 saturated carbocycles. The number of hydrogen-bond donors (Lipinski definition) is 0. The molecule has 0 aliphatic heterocycles. The van der Waals surface area contributed by atoms with E-state index in [2.05, 4.69) is 103 Å². The van der Waals surface area contributed by atoms with Crippen molar-refractivity contribution >= 4 is 54.5 Å². The second-order valence-electron chi connectivity index (χ2n) is 10.6. The van der Waals surface area contributed by atoms with Gasteiger partial charge in [-0.15, -0.1) is 0 Å². The predicted molar refractivity (Wildman–Crippen MR) is 169 cm³/mol. The van der Waals surface area contributed by atoms with Gasteiger partial charge < -0.3 is 4.42 Å². The van der Waals surface area contributed by atoms with Crippen LogP contribution in [0, 0.1) is 0 Å². The molecule has 0 bridgehead atoms. The van der Waals surface area contributed by atoms with Gasteiger partial charge in [-0.1, -0.05) is 97.1 Å². The summed E-state index contributed by atoms with van der Waals surface area (Å²) < 4.78 is 6.51. The van der Waals surface area contributed by atoms with Gasteiger partial charge in [-0.3, -0.25) is 0 Å². The third-order valence-electron chi connectivity index (χ3n) is 8.19. The highest BCUT2D eigenvalue weighted by atomic mass is 16.3. The fourth-order valence-corrected chi connectivity index (χ4v) is 6.35. The van der Waals surface area contributed by atoms with E-state index in [9.17, 15) is 0 Å². The van der Waals surface area contributed by atoms with Crippen LogP contribution in [0.4, 0.5) is 0 Å². The standard InChI is InChI=1S/C38H22N2O/c1-2-10-23(11-3-1)24-12-8-13-25(20-24)37-38(40-32-18-7-6-17-31(32)39-37)26-21-30-28-15-5-4-14-27(28)29-16-9-19-33-35(29)36(30)34(22-26)41-33/h1-22H. The van der Waals surface area contributed by atoms with Crippen molar-refractivity contribution in [1.82, 2.24) is 9.97 Å². The van der Waals surface area contributed by atoms with E-state index in [1.165, 1.54) is 37.9 Å². The van der Waals surface area contributed by atoms with Crippen molar-refractivity contribution in [1.29, 1.82) is 0 Å². The van der Waals surface area contributed by atoms with Gasteiger partial charge >= 0.3 is 0 Å². The Bertz CT molecular complexity index is 2420. The Kier molecular flexibility index (Phi) is 4.61. The zero-order valence-electron chi connectivity index (χ0n) is 22.0. The fraction of sp³-hybridized carbons (Fsp3) is 0. The summed E-state index contributed by atoms with van der Waals surface area (Å²) in [5.41, 5.74) is 9.55. The minimum absolute atomic E-state index is 0.843. The molecular formula is C38H22N2O. The molecule has 0 N–H and O–H groups in total. The first-order valence-corrected chi connectivity index (χ1v) is 13.8. The van der Waals surface area contributed by atoms with Gasteiger partial charge in [0.15, 0.2) is 0 Å². The maximum atomic E-state index is 6.51. The van der Waals surface area contributed by atoms with E-state index in [0.29, 0.717) is 0 Å². The lowest BCUT2D eigenvalue weighted by molar-refractivity contribution is 0.669. The van der Waals surface area contributed by atoms with Crippen LogP contribution in [0.5, 0.6) is 0 Å². The maximum Gasteiger partial charge on any atom is 0.136 e. The molecule has 3 heteroatoms. The van der Waals surface area contributed by atoms with Crippen LogP contribution in [0.25, 0.3) is 88.2 Å². The minimum Gasteiger partial charge on any atom is -0.456 e. The van der Waals surface area contributed by atoms with E-state index in [1.54, 1.807) is 0 Å². The van der Waals surface area contributed by atoms with E-state index in [4.69, 9.17) is 14.4 Å². The number of para-hydroxylation sites is 2. The monoisotopic (exact) mass is 522 g/mol. The highest BCUT2D eigenvalue weighted by Crippen LogP contribution is 2.45. The summed E-state index contributed by atoms with van der Waals surface area (Å²) in [6, 6.07) is 46.5. The normalized spacial score (nSPS) is 11.9. The first-order chi connectivity index (χ1) is 20.3. The molecule has 0 saturated heterocycles. The molecule has 0 aliphatic carbocycles. The average molecular weight is 523 g/mol. The van der Waals surface area contributed by atoms with Crippen LogP contribution < -0.4 is 0 Å². The molecule has 190 valence electrons. The summed E-state index contributed by atoms with van der Waals surface area (Å²) in [5, 5.41) is 7.18. The Balaban J connectivity index is 1.37. The van der Waals surface area contributed by atoms with Crippen molar-refractivity contribution in [3.8, 4) is 33.6 Å². The Hall–Kier alpha value is -5.54. The highest BCUT2D eigenvalue weighted by molar-refractivity contribution is 6.33. The van der Waals surface area contributed by atoms with Gasteiger partial charge in [0.2, 0.25) is 0 Å². The average Bonchev–Trinajstić information content (AvgIpc) is 3.43. The van der Waals surface area contributed by atoms with Crippen LogP contribution in [-0.4, -0.2) is 9.97 Å². The molecular weight excluding hydrogens is 500 g/mol. The minimum atomic E-state index is 0.843. The van der Waals surface area contributed by atoms with Crippen LogP contribution >= 0.6 is 0 Å². The molecule has 41 heavy (non-hydrogen) atoms. The molecule has 3 nitrogen and oxygen atoms in total. The topological polar surface area (TPSA) is 38.9 Å². The second kappa shape index (κ2) is 8.48. The van der Waals surface area contributed by atoms with Crippen LogP contribution in [0.1, 0.15) is 0 Å². The Morgan fingerprint density at radius 3 is 1.76 bits per heavy atom. The maximum absolute atomic E-state index is 6.51. The first-order valence-electron chi connectivity index (χ1n) is 13.8. The number of rotatable bonds is 3. The van der Waals surface area contributed by atoms with Crippen molar-refractivity contribution < 1.29 is 4.42 Å². The summed E-state index contributed by atoms with van der Waals surface area (Å²) in [6.45, 7) is 0. The fourth-order valence-electron chi connectivity index (χ4n) is 6.35. The molecule has 0 fully saturated rings. The van der Waals surface area contributed by atoms with Crippen LogP contribution in [0.3, 0.4) is 0 Å². The van der Waals surface area contributed by atoms with Crippen LogP contribution in [-0.2, 0) is 0 Å². The molecule has 0 spiro atoms. The third kappa shape index (κ3) is 3.33. The molecule has 2 aromatic heterocycles. The quantitative estimate of drug-likeness (QED) is 0.217. The summed E-state index contributed by atoms with van der Waals surface area (Å²) in [7, 11) is 0. The van der Waals surface area contributed by atoms with Gasteiger partial charge in [0.1, 0.15) is 11.2 Å². The summed E-state index contributed by atoms with van der Waals surface area (Å²) >= 11 is 0. The number of aromatic nitrogens is 2. The van der Waals surface area contributed by atoms with Gasteiger partial charge in [0, 0.05) is 21.9 Å². The van der Waals surface area contributed by atoms with Crippen molar-refractivity contribution in [3.05, 3.63) is 133 Å². The third-order valence-corrected chi connectivity index (χ3v) is 8.19. The van der Waals surface area contributed by atoms with E-state index >= 15 is 0 Å². The molecule has 0 unspecified atom stereocenters. The van der Waals surface area contributed by atoms with Gasteiger partial charge in [-0.25, -0.2) is 9.97 Å². The highest BCUT2D eigenvalue weighted by Gasteiger charge is 2.21. The van der Waals surface area contributed by atoms with Crippen LogP contribution in [0.2, 0.25) is 0 Å². The first kappa shape index (κ1) is 22.3. The lowest BCUT2D eigenvalue weighted by atomic mass is 9.92. The largest absolute Gasteiger partial charge is 0.456 e. The SMILES string of the molecule is c1ccc(-c2cccc(-c3nc4ccccc4nc3-c3cc4oc5cccc6c7ccccc7c(c3)c4c56)c2)cc1. The number of furan rings is 1. The number of fused-ring (bicyclic) bond motifs is 4.